The van der Waals surface area contributed by atoms with Gasteiger partial charge in [0.15, 0.2) is 26.4 Å². The van der Waals surface area contributed by atoms with Gasteiger partial charge in [0.2, 0.25) is 0 Å². The molecule has 16 saturated carbocycles. The van der Waals surface area contributed by atoms with E-state index in [0.29, 0.717) is 58.5 Å². The normalized spacial score (nSPS) is 39.9. The minimum atomic E-state index is -0.586. The van der Waals surface area contributed by atoms with Crippen LogP contribution in [-0.4, -0.2) is 96.6 Å². The van der Waals surface area contributed by atoms with Crippen LogP contribution in [0.15, 0.2) is 49.6 Å². The van der Waals surface area contributed by atoms with Crippen molar-refractivity contribution >= 4 is 47.8 Å². The molecule has 16 heteroatoms. The van der Waals surface area contributed by atoms with Crippen molar-refractivity contribution in [2.75, 3.05) is 26.4 Å². The van der Waals surface area contributed by atoms with Gasteiger partial charge in [-0.15, -0.1) is 0 Å². The second-order valence-corrected chi connectivity index (χ2v) is 28.4. The molecule has 0 spiro atoms. The Morgan fingerprint density at radius 1 is 0.357 bits per heavy atom. The van der Waals surface area contributed by atoms with E-state index in [9.17, 15) is 38.4 Å². The summed E-state index contributed by atoms with van der Waals surface area (Å²) in [6, 6.07) is 0. The average molecular weight is 1170 g/mol. The van der Waals surface area contributed by atoms with Crippen molar-refractivity contribution in [1.29, 1.82) is 0 Å². The molecule has 0 amide bonds. The molecule has 16 aliphatic rings. The molecule has 0 atom stereocenters. The van der Waals surface area contributed by atoms with Crippen molar-refractivity contribution in [2.24, 2.45) is 94.7 Å². The Bertz CT molecular complexity index is 2440. The molecule has 0 saturated heterocycles. The number of rotatable bonds is 18. The third-order valence-electron chi connectivity index (χ3n) is 23.3. The first kappa shape index (κ1) is 63.2. The topological polar surface area (TPSA) is 210 Å². The smallest absolute Gasteiger partial charge is 0.344 e. The monoisotopic (exact) mass is 1170 g/mol. The molecule has 84 heavy (non-hydrogen) atoms. The number of esters is 8. The van der Waals surface area contributed by atoms with Gasteiger partial charge in [-0.05, 0) is 264 Å². The van der Waals surface area contributed by atoms with Crippen molar-refractivity contribution in [3.05, 3.63) is 49.6 Å². The van der Waals surface area contributed by atoms with Crippen LogP contribution in [0.25, 0.3) is 0 Å². The fraction of sp³-hybridized carbons (Fsp3) is 0.765. The van der Waals surface area contributed by atoms with Gasteiger partial charge in [0.25, 0.3) is 0 Å². The van der Waals surface area contributed by atoms with E-state index in [0.717, 1.165) is 72.3 Å². The number of carbonyl (C=O) groups is 8. The van der Waals surface area contributed by atoms with Crippen molar-refractivity contribution < 1.29 is 76.3 Å². The van der Waals surface area contributed by atoms with Gasteiger partial charge < -0.3 is 37.9 Å². The Balaban J connectivity index is 0.000000134. The average Bonchev–Trinajstić information content (AvgIpc) is 1.29. The van der Waals surface area contributed by atoms with Gasteiger partial charge in [-0.25, -0.2) is 38.4 Å². The molecular weight excluding hydrogens is 1070 g/mol. The maximum absolute atomic E-state index is 12.2. The highest BCUT2D eigenvalue weighted by Gasteiger charge is 2.62. The molecule has 16 nitrogen and oxygen atoms in total. The van der Waals surface area contributed by atoms with Crippen molar-refractivity contribution in [1.82, 2.24) is 0 Å². The van der Waals surface area contributed by atoms with Gasteiger partial charge in [-0.1, -0.05) is 40.2 Å². The predicted octanol–water partition coefficient (Wildman–Crippen LogP) is 11.5. The van der Waals surface area contributed by atoms with E-state index >= 15 is 0 Å². The van der Waals surface area contributed by atoms with Crippen molar-refractivity contribution in [3.8, 4) is 0 Å². The fourth-order valence-corrected chi connectivity index (χ4v) is 20.1. The first-order valence-corrected chi connectivity index (χ1v) is 32.0. The van der Waals surface area contributed by atoms with Gasteiger partial charge in [0.05, 0.1) is 0 Å². The lowest BCUT2D eigenvalue weighted by atomic mass is 9.49. The first-order valence-electron chi connectivity index (χ1n) is 32.0. The maximum atomic E-state index is 12.2. The molecule has 464 valence electrons. The van der Waals surface area contributed by atoms with Crippen LogP contribution >= 0.6 is 0 Å². The zero-order valence-corrected chi connectivity index (χ0v) is 51.1. The zero-order chi connectivity index (χ0) is 60.5. The van der Waals surface area contributed by atoms with Gasteiger partial charge in [-0.2, -0.15) is 0 Å². The van der Waals surface area contributed by atoms with E-state index in [1.54, 1.807) is 13.8 Å². The second kappa shape index (κ2) is 26.0. The summed E-state index contributed by atoms with van der Waals surface area (Å²) in [4.78, 5) is 93.0. The summed E-state index contributed by atoms with van der Waals surface area (Å²) in [7, 11) is 0. The lowest BCUT2D eigenvalue weighted by molar-refractivity contribution is -0.214. The predicted molar refractivity (Wildman–Crippen MR) is 309 cm³/mol. The summed E-state index contributed by atoms with van der Waals surface area (Å²) in [5.41, 5.74) is -0.757. The van der Waals surface area contributed by atoms with E-state index in [2.05, 4.69) is 54.0 Å². The summed E-state index contributed by atoms with van der Waals surface area (Å²) in [6.45, 7) is 23.9. The summed E-state index contributed by atoms with van der Waals surface area (Å²) < 4.78 is 42.8. The maximum Gasteiger partial charge on any atom is 0.344 e. The second-order valence-electron chi connectivity index (χ2n) is 28.4. The molecule has 16 fully saturated rings. The quantitative estimate of drug-likeness (QED) is 0.0709. The molecule has 0 unspecified atom stereocenters. The fourth-order valence-electron chi connectivity index (χ4n) is 20.1. The molecule has 16 bridgehead atoms. The molecular formula is C68H96O16. The van der Waals surface area contributed by atoms with E-state index < -0.39 is 47.8 Å². The Hall–Kier alpha value is -5.28. The summed E-state index contributed by atoms with van der Waals surface area (Å²) in [5, 5.41) is 0. The molecule has 0 aromatic heterocycles. The number of hydrogen-bond acceptors (Lipinski definition) is 16. The molecule has 0 aromatic rings. The Labute approximate surface area is 498 Å². The van der Waals surface area contributed by atoms with E-state index in [-0.39, 0.29) is 48.8 Å². The van der Waals surface area contributed by atoms with Crippen molar-refractivity contribution in [2.45, 2.75) is 205 Å². The van der Waals surface area contributed by atoms with E-state index in [1.165, 1.54) is 128 Å². The summed E-state index contributed by atoms with van der Waals surface area (Å²) in [5.74, 6) is 6.66. The molecule has 0 heterocycles. The Morgan fingerprint density at radius 3 is 0.786 bits per heavy atom. The third-order valence-corrected chi connectivity index (χ3v) is 23.3. The van der Waals surface area contributed by atoms with Gasteiger partial charge in [-0.3, -0.25) is 0 Å². The van der Waals surface area contributed by atoms with Crippen LogP contribution in [0, 0.1) is 94.7 Å². The van der Waals surface area contributed by atoms with Crippen LogP contribution in [0.4, 0.5) is 0 Å². The highest BCUT2D eigenvalue weighted by Crippen LogP contribution is 2.64. The molecule has 16 rings (SSSR count). The first-order chi connectivity index (χ1) is 39.9. The molecule has 0 aliphatic heterocycles. The van der Waals surface area contributed by atoms with Crippen LogP contribution in [0.5, 0.6) is 0 Å². The molecule has 0 N–H and O–H groups in total. The molecule has 0 radical (unpaired) electrons. The lowest BCUT2D eigenvalue weighted by Crippen LogP contribution is -2.59. The van der Waals surface area contributed by atoms with Crippen LogP contribution in [0.2, 0.25) is 0 Å². The number of carbonyl (C=O) groups excluding carboxylic acids is 8. The van der Waals surface area contributed by atoms with Gasteiger partial charge >= 0.3 is 47.8 Å². The van der Waals surface area contributed by atoms with E-state index in [4.69, 9.17) is 37.9 Å². The number of hydrogen-bond donors (Lipinski definition) is 0. The summed E-state index contributed by atoms with van der Waals surface area (Å²) in [6.07, 6.45) is 28.3. The van der Waals surface area contributed by atoms with Crippen LogP contribution in [-0.2, 0) is 76.3 Å². The highest BCUT2D eigenvalue weighted by molar-refractivity contribution is 5.89. The van der Waals surface area contributed by atoms with Gasteiger partial charge in [0.1, 0.15) is 22.4 Å². The minimum Gasteiger partial charge on any atom is -0.456 e. The SMILES string of the molecule is C=C(C)C(=O)OCC(=O)OC1(C)C2CC3CC(C2)CC1C3.C=C(C)C(=O)OCC(=O)OC1(CC)C2CC3CC(C2)CC1C3.C=CC(=O)OCC(=O)OC1(C)C2CC3CC(C2)CC1C3.C=CC(=O)OCC(=O)OC1(CC)C2CC3CC(C2)CC1C3. The minimum absolute atomic E-state index is 0.295. The summed E-state index contributed by atoms with van der Waals surface area (Å²) >= 11 is 0. The highest BCUT2D eigenvalue weighted by atomic mass is 16.6. The van der Waals surface area contributed by atoms with E-state index in [1.807, 2.05) is 0 Å². The van der Waals surface area contributed by atoms with Crippen LogP contribution < -0.4 is 0 Å². The van der Waals surface area contributed by atoms with Crippen LogP contribution in [0.3, 0.4) is 0 Å². The standard InChI is InChI=1S/C18H26O4.2C17H24O4.C16H22O4/c1-4-18(22-16(19)10-21-17(20)11(2)3)14-6-12-5-13(8-14)9-15(18)7-12;1-10(2)16(19)20-9-15(18)21-17(3)13-5-11-4-12(7-13)8-14(17)6-11;1-3-15(18)20-10-16(19)21-17(4-2)13-6-11-5-12(8-13)9-14(17)7-11;1-3-14(17)19-9-15(18)20-16(2)12-5-10-4-11(7-12)8-13(16)6-10/h12-15H,2,4-10H2,1,3H3;11-14H,1,4-9H2,2-3H3;3,11-14H,1,4-10H2,2H3;3,10-13H,1,4-9H2,2H3. The Morgan fingerprint density at radius 2 is 0.571 bits per heavy atom. The molecule has 0 aromatic carbocycles. The largest absolute Gasteiger partial charge is 0.456 e. The zero-order valence-electron chi connectivity index (χ0n) is 51.1. The Kier molecular flexibility index (Phi) is 19.5. The van der Waals surface area contributed by atoms with Crippen LogP contribution in [0.1, 0.15) is 183 Å². The molecule has 16 aliphatic carbocycles. The van der Waals surface area contributed by atoms with Crippen molar-refractivity contribution in [3.63, 3.8) is 0 Å². The lowest BCUT2D eigenvalue weighted by Gasteiger charge is -2.60. The third kappa shape index (κ3) is 13.5. The number of ether oxygens (including phenoxy) is 8. The van der Waals surface area contributed by atoms with Gasteiger partial charge in [0, 0.05) is 23.3 Å².